The lowest BCUT2D eigenvalue weighted by atomic mass is 10.2. The van der Waals surface area contributed by atoms with Gasteiger partial charge in [-0.15, -0.1) is 0 Å². The van der Waals surface area contributed by atoms with Gasteiger partial charge in [0.05, 0.1) is 11.8 Å². The summed E-state index contributed by atoms with van der Waals surface area (Å²) in [6, 6.07) is 5.76. The van der Waals surface area contributed by atoms with Gasteiger partial charge >= 0.3 is 0 Å². The average Bonchev–Trinajstić information content (AvgIpc) is 2.01. The van der Waals surface area contributed by atoms with Gasteiger partial charge in [0.1, 0.15) is 5.82 Å². The molecule has 0 unspecified atom stereocenters. The molecule has 0 aromatic heterocycles. The Bertz CT molecular complexity index is 466. The molecule has 13 heavy (non-hydrogen) atoms. The number of halogens is 1. The summed E-state index contributed by atoms with van der Waals surface area (Å²) in [5.74, 6) is 1.72. The van der Waals surface area contributed by atoms with Crippen LogP contribution >= 0.6 is 0 Å². The van der Waals surface area contributed by atoms with Crippen LogP contribution in [0.1, 0.15) is 5.56 Å². The Morgan fingerprint density at radius 1 is 1.31 bits per heavy atom. The largest absolute Gasteiger partial charge is 0.216 e. The second-order valence-corrected chi connectivity index (χ2v) is 4.23. The van der Waals surface area contributed by atoms with Crippen LogP contribution in [0, 0.1) is 17.0 Å². The van der Waals surface area contributed by atoms with Crippen molar-refractivity contribution in [3.05, 3.63) is 35.6 Å². The van der Waals surface area contributed by atoms with Crippen LogP contribution in [0.15, 0.2) is 24.3 Å². The molecule has 1 aromatic carbocycles. The molecule has 1 rings (SSSR count). The van der Waals surface area contributed by atoms with Gasteiger partial charge in [-0.05, 0) is 18.1 Å². The summed E-state index contributed by atoms with van der Waals surface area (Å²) in [5.41, 5.74) is 0.0907. The van der Waals surface area contributed by atoms with Crippen LogP contribution in [-0.2, 0) is 9.84 Å². The Morgan fingerprint density at radius 3 is 2.46 bits per heavy atom. The third kappa shape index (κ3) is 3.26. The van der Waals surface area contributed by atoms with E-state index >= 15 is 0 Å². The number of hydrogen-bond donors (Lipinski definition) is 0. The molecule has 0 heterocycles. The van der Waals surface area contributed by atoms with Crippen LogP contribution < -0.4 is 0 Å². The van der Waals surface area contributed by atoms with Crippen LogP contribution in [0.5, 0.6) is 0 Å². The van der Waals surface area contributed by atoms with E-state index < -0.39 is 15.7 Å². The first-order valence-electron chi connectivity index (χ1n) is 3.46. The lowest BCUT2D eigenvalue weighted by molar-refractivity contribution is 0.611. The zero-order valence-corrected chi connectivity index (χ0v) is 7.73. The van der Waals surface area contributed by atoms with Crippen molar-refractivity contribution in [1.82, 2.24) is 0 Å². The third-order valence-electron chi connectivity index (χ3n) is 1.24. The first-order valence-corrected chi connectivity index (χ1v) is 5.35. The number of sulfone groups is 1. The molecule has 0 saturated heterocycles. The summed E-state index contributed by atoms with van der Waals surface area (Å²) >= 11 is 0. The summed E-state index contributed by atoms with van der Waals surface area (Å²) in [5, 5.41) is 1.96. The monoisotopic (exact) mass is 198 g/mol. The SMILES string of the molecule is CS(=O)(=O)C#Cc1ccccc1F. The molecule has 0 aliphatic heterocycles. The van der Waals surface area contributed by atoms with E-state index in [0.29, 0.717) is 0 Å². The molecule has 0 saturated carbocycles. The second kappa shape index (κ2) is 3.58. The average molecular weight is 198 g/mol. The highest BCUT2D eigenvalue weighted by molar-refractivity contribution is 7.95. The Labute approximate surface area is 76.3 Å². The molecule has 0 aliphatic rings. The van der Waals surface area contributed by atoms with Gasteiger partial charge in [-0.3, -0.25) is 0 Å². The summed E-state index contributed by atoms with van der Waals surface area (Å²) in [6.45, 7) is 0. The van der Waals surface area contributed by atoms with E-state index in [2.05, 4.69) is 5.92 Å². The Balaban J connectivity index is 3.11. The fourth-order valence-electron chi connectivity index (χ4n) is 0.710. The van der Waals surface area contributed by atoms with Crippen LogP contribution in [0.3, 0.4) is 0 Å². The minimum atomic E-state index is -3.37. The first-order chi connectivity index (χ1) is 5.99. The maximum atomic E-state index is 12.9. The predicted octanol–water partition coefficient (Wildman–Crippen LogP) is 1.18. The number of hydrogen-bond acceptors (Lipinski definition) is 2. The Hall–Kier alpha value is -1.34. The zero-order valence-electron chi connectivity index (χ0n) is 6.91. The normalized spacial score (nSPS) is 10.3. The Kier molecular flexibility index (Phi) is 2.69. The quantitative estimate of drug-likeness (QED) is 0.586. The van der Waals surface area contributed by atoms with Gasteiger partial charge in [0, 0.05) is 5.25 Å². The Morgan fingerprint density at radius 2 is 1.92 bits per heavy atom. The van der Waals surface area contributed by atoms with Crippen molar-refractivity contribution in [2.24, 2.45) is 0 Å². The van der Waals surface area contributed by atoms with Crippen LogP contribution in [0.2, 0.25) is 0 Å². The minimum Gasteiger partial charge on any atom is -0.216 e. The van der Waals surface area contributed by atoms with Gasteiger partial charge in [0.2, 0.25) is 9.84 Å². The van der Waals surface area contributed by atoms with E-state index in [1.807, 2.05) is 5.25 Å². The molecule has 2 nitrogen and oxygen atoms in total. The molecule has 0 radical (unpaired) electrons. The van der Waals surface area contributed by atoms with Gasteiger partial charge in [-0.2, -0.15) is 0 Å². The van der Waals surface area contributed by atoms with E-state index in [4.69, 9.17) is 0 Å². The fourth-order valence-corrected chi connectivity index (χ4v) is 1.01. The van der Waals surface area contributed by atoms with Crippen molar-refractivity contribution in [2.75, 3.05) is 6.26 Å². The summed E-state index contributed by atoms with van der Waals surface area (Å²) in [4.78, 5) is 0. The van der Waals surface area contributed by atoms with E-state index in [1.165, 1.54) is 18.2 Å². The van der Waals surface area contributed by atoms with Crippen molar-refractivity contribution in [1.29, 1.82) is 0 Å². The van der Waals surface area contributed by atoms with E-state index in [0.717, 1.165) is 6.26 Å². The highest BCUT2D eigenvalue weighted by Crippen LogP contribution is 2.03. The fraction of sp³-hybridized carbons (Fsp3) is 0.111. The standard InChI is InChI=1S/C9H7FO2S/c1-13(11,12)7-6-8-4-2-3-5-9(8)10/h2-5H,1H3. The van der Waals surface area contributed by atoms with Crippen molar-refractivity contribution < 1.29 is 12.8 Å². The van der Waals surface area contributed by atoms with Crippen LogP contribution in [-0.4, -0.2) is 14.7 Å². The van der Waals surface area contributed by atoms with Gasteiger partial charge in [-0.1, -0.05) is 12.1 Å². The lowest BCUT2D eigenvalue weighted by Gasteiger charge is -1.90. The van der Waals surface area contributed by atoms with E-state index in [1.54, 1.807) is 6.07 Å². The topological polar surface area (TPSA) is 34.1 Å². The van der Waals surface area contributed by atoms with Crippen molar-refractivity contribution in [2.45, 2.75) is 0 Å². The number of benzene rings is 1. The summed E-state index contributed by atoms with van der Waals surface area (Å²) in [6.07, 6.45) is 0.973. The lowest BCUT2D eigenvalue weighted by Crippen LogP contribution is -1.90. The smallest absolute Gasteiger partial charge is 0.214 e. The first kappa shape index (κ1) is 9.75. The molecule has 1 aromatic rings. The molecule has 0 fully saturated rings. The summed E-state index contributed by atoms with van der Waals surface area (Å²) < 4.78 is 34.1. The minimum absolute atomic E-state index is 0.0907. The molecule has 0 spiro atoms. The van der Waals surface area contributed by atoms with Crippen LogP contribution in [0.25, 0.3) is 0 Å². The molecular weight excluding hydrogens is 191 g/mol. The highest BCUT2D eigenvalue weighted by Gasteiger charge is 1.97. The molecule has 0 atom stereocenters. The number of rotatable bonds is 0. The molecule has 0 amide bonds. The van der Waals surface area contributed by atoms with E-state index in [-0.39, 0.29) is 5.56 Å². The van der Waals surface area contributed by atoms with Gasteiger partial charge in [0.25, 0.3) is 0 Å². The predicted molar refractivity (Wildman–Crippen MR) is 48.1 cm³/mol. The highest BCUT2D eigenvalue weighted by atomic mass is 32.2. The van der Waals surface area contributed by atoms with E-state index in [9.17, 15) is 12.8 Å². The molecule has 4 heteroatoms. The molecule has 0 N–H and O–H groups in total. The van der Waals surface area contributed by atoms with Gasteiger partial charge < -0.3 is 0 Å². The maximum absolute atomic E-state index is 12.9. The van der Waals surface area contributed by atoms with Gasteiger partial charge in [0.15, 0.2) is 0 Å². The molecule has 68 valence electrons. The molecule has 0 aliphatic carbocycles. The zero-order chi connectivity index (χ0) is 9.90. The third-order valence-corrected chi connectivity index (χ3v) is 1.72. The second-order valence-electron chi connectivity index (χ2n) is 2.48. The summed E-state index contributed by atoms with van der Waals surface area (Å²) in [7, 11) is -3.37. The maximum Gasteiger partial charge on any atom is 0.214 e. The molecular formula is C9H7FO2S. The van der Waals surface area contributed by atoms with Crippen molar-refractivity contribution >= 4 is 9.84 Å². The van der Waals surface area contributed by atoms with Crippen molar-refractivity contribution in [3.8, 4) is 11.2 Å². The van der Waals surface area contributed by atoms with Crippen LogP contribution in [0.4, 0.5) is 4.39 Å². The van der Waals surface area contributed by atoms with Crippen molar-refractivity contribution in [3.63, 3.8) is 0 Å². The van der Waals surface area contributed by atoms with Gasteiger partial charge in [-0.25, -0.2) is 12.8 Å². The molecule has 0 bridgehead atoms.